The van der Waals surface area contributed by atoms with Gasteiger partial charge in [-0.15, -0.1) is 0 Å². The zero-order valence-electron chi connectivity index (χ0n) is 10.9. The summed E-state index contributed by atoms with van der Waals surface area (Å²) in [4.78, 5) is 22.0. The van der Waals surface area contributed by atoms with E-state index in [4.69, 9.17) is 9.63 Å². The molecule has 1 heterocycles. The number of hydrogen-bond donors (Lipinski definition) is 3. The Morgan fingerprint density at radius 2 is 2.00 bits per heavy atom. The number of nitrogens with one attached hydrogen (secondary N) is 2. The lowest BCUT2D eigenvalue weighted by atomic mass is 10.2. The van der Waals surface area contributed by atoms with Crippen molar-refractivity contribution in [3.05, 3.63) is 53.9 Å². The SMILES string of the molecule is O=C(O)/C=C/c1ccc(NC(=O)NCc2ccno2)cc1. The van der Waals surface area contributed by atoms with Gasteiger partial charge in [0, 0.05) is 17.8 Å². The van der Waals surface area contributed by atoms with Crippen molar-refractivity contribution in [2.75, 3.05) is 5.32 Å². The molecule has 0 aliphatic carbocycles. The molecule has 0 bridgehead atoms. The average Bonchev–Trinajstić information content (AvgIpc) is 2.98. The Balaban J connectivity index is 1.85. The first-order valence-electron chi connectivity index (χ1n) is 6.09. The third-order valence-electron chi connectivity index (χ3n) is 2.50. The van der Waals surface area contributed by atoms with Gasteiger partial charge in [-0.3, -0.25) is 0 Å². The Labute approximate surface area is 120 Å². The van der Waals surface area contributed by atoms with Crippen LogP contribution < -0.4 is 10.6 Å². The number of aliphatic carboxylic acids is 1. The molecule has 0 fully saturated rings. The average molecular weight is 287 g/mol. The largest absolute Gasteiger partial charge is 0.478 e. The van der Waals surface area contributed by atoms with Crippen molar-refractivity contribution in [1.29, 1.82) is 0 Å². The monoisotopic (exact) mass is 287 g/mol. The van der Waals surface area contributed by atoms with Crippen molar-refractivity contribution in [2.24, 2.45) is 0 Å². The normalized spacial score (nSPS) is 10.5. The van der Waals surface area contributed by atoms with Gasteiger partial charge in [0.05, 0.1) is 12.7 Å². The number of carboxylic acids is 1. The second kappa shape index (κ2) is 6.90. The molecule has 1 aromatic carbocycles. The summed E-state index contributed by atoms with van der Waals surface area (Å²) >= 11 is 0. The highest BCUT2D eigenvalue weighted by Crippen LogP contribution is 2.10. The first-order valence-corrected chi connectivity index (χ1v) is 6.09. The summed E-state index contributed by atoms with van der Waals surface area (Å²) in [6.45, 7) is 0.241. The highest BCUT2D eigenvalue weighted by molar-refractivity contribution is 5.89. The number of aromatic nitrogens is 1. The molecule has 2 amide bonds. The Morgan fingerprint density at radius 3 is 2.62 bits per heavy atom. The van der Waals surface area contributed by atoms with Crippen LogP contribution in [0.25, 0.3) is 6.08 Å². The van der Waals surface area contributed by atoms with E-state index in [0.717, 1.165) is 11.6 Å². The van der Waals surface area contributed by atoms with E-state index in [9.17, 15) is 9.59 Å². The van der Waals surface area contributed by atoms with E-state index in [0.29, 0.717) is 11.4 Å². The van der Waals surface area contributed by atoms with Gasteiger partial charge in [-0.05, 0) is 23.8 Å². The van der Waals surface area contributed by atoms with Gasteiger partial charge in [-0.1, -0.05) is 17.3 Å². The second-order valence-corrected chi connectivity index (χ2v) is 4.08. The Bertz CT molecular complexity index is 633. The Hall–Kier alpha value is -3.09. The van der Waals surface area contributed by atoms with Crippen LogP contribution in [0.15, 0.2) is 47.1 Å². The summed E-state index contributed by atoms with van der Waals surface area (Å²) < 4.78 is 4.85. The quantitative estimate of drug-likeness (QED) is 0.730. The molecule has 21 heavy (non-hydrogen) atoms. The van der Waals surface area contributed by atoms with E-state index in [2.05, 4.69) is 15.8 Å². The van der Waals surface area contributed by atoms with E-state index < -0.39 is 5.97 Å². The highest BCUT2D eigenvalue weighted by Gasteiger charge is 2.03. The number of benzene rings is 1. The zero-order valence-corrected chi connectivity index (χ0v) is 10.9. The molecular formula is C14H13N3O4. The van der Waals surface area contributed by atoms with Crippen LogP contribution in [0.5, 0.6) is 0 Å². The van der Waals surface area contributed by atoms with Crippen LogP contribution in [-0.4, -0.2) is 22.3 Å². The first-order chi connectivity index (χ1) is 10.1. The van der Waals surface area contributed by atoms with Crippen molar-refractivity contribution in [1.82, 2.24) is 10.5 Å². The second-order valence-electron chi connectivity index (χ2n) is 4.08. The predicted octanol–water partition coefficient (Wildman–Crippen LogP) is 2.09. The summed E-state index contributed by atoms with van der Waals surface area (Å²) in [5.41, 5.74) is 1.32. The number of carbonyl (C=O) groups excluding carboxylic acids is 1. The maximum absolute atomic E-state index is 11.6. The van der Waals surface area contributed by atoms with Crippen LogP contribution in [0.3, 0.4) is 0 Å². The van der Waals surface area contributed by atoms with E-state index in [-0.39, 0.29) is 12.6 Å². The lowest BCUT2D eigenvalue weighted by Gasteiger charge is -2.06. The van der Waals surface area contributed by atoms with Crippen molar-refractivity contribution < 1.29 is 19.2 Å². The van der Waals surface area contributed by atoms with Gasteiger partial charge >= 0.3 is 12.0 Å². The molecular weight excluding hydrogens is 274 g/mol. The van der Waals surface area contributed by atoms with Crippen molar-refractivity contribution in [3.63, 3.8) is 0 Å². The standard InChI is InChI=1S/C14H13N3O4/c18-13(19)6-3-10-1-4-11(5-2-10)17-14(20)15-9-12-7-8-16-21-12/h1-8H,9H2,(H,18,19)(H2,15,17,20)/b6-3+. The summed E-state index contributed by atoms with van der Waals surface area (Å²) in [6, 6.07) is 8.03. The van der Waals surface area contributed by atoms with E-state index in [1.165, 1.54) is 12.3 Å². The molecule has 0 radical (unpaired) electrons. The fraction of sp³-hybridized carbons (Fsp3) is 0.0714. The minimum Gasteiger partial charge on any atom is -0.478 e. The molecule has 0 aliphatic heterocycles. The molecule has 3 N–H and O–H groups in total. The van der Waals surface area contributed by atoms with Gasteiger partial charge in [0.15, 0.2) is 5.76 Å². The molecule has 108 valence electrons. The number of hydrogen-bond acceptors (Lipinski definition) is 4. The number of carboxylic acid groups (broad SMARTS) is 1. The lowest BCUT2D eigenvalue weighted by Crippen LogP contribution is -2.27. The smallest absolute Gasteiger partial charge is 0.328 e. The number of amides is 2. The van der Waals surface area contributed by atoms with Crippen LogP contribution in [0.1, 0.15) is 11.3 Å². The van der Waals surface area contributed by atoms with Crippen LogP contribution in [-0.2, 0) is 11.3 Å². The number of anilines is 1. The maximum Gasteiger partial charge on any atom is 0.328 e. The Kier molecular flexibility index (Phi) is 4.70. The van der Waals surface area contributed by atoms with Gasteiger partial charge < -0.3 is 20.3 Å². The molecule has 2 aromatic rings. The molecule has 1 aromatic heterocycles. The van der Waals surface area contributed by atoms with Crippen molar-refractivity contribution >= 4 is 23.8 Å². The van der Waals surface area contributed by atoms with Gasteiger partial charge in [-0.25, -0.2) is 9.59 Å². The molecule has 0 unspecified atom stereocenters. The van der Waals surface area contributed by atoms with E-state index in [1.807, 2.05) is 0 Å². The molecule has 0 saturated heterocycles. The van der Waals surface area contributed by atoms with E-state index in [1.54, 1.807) is 30.3 Å². The molecule has 2 rings (SSSR count). The summed E-state index contributed by atoms with van der Waals surface area (Å²) in [7, 11) is 0. The number of rotatable bonds is 5. The van der Waals surface area contributed by atoms with Gasteiger partial charge in [0.1, 0.15) is 0 Å². The van der Waals surface area contributed by atoms with E-state index >= 15 is 0 Å². The van der Waals surface area contributed by atoms with Crippen LogP contribution in [0.4, 0.5) is 10.5 Å². The number of carbonyl (C=O) groups is 2. The van der Waals surface area contributed by atoms with Gasteiger partial charge in [0.2, 0.25) is 0 Å². The molecule has 7 heteroatoms. The summed E-state index contributed by atoms with van der Waals surface area (Å²) in [6.07, 6.45) is 4.01. The molecule has 7 nitrogen and oxygen atoms in total. The first kappa shape index (κ1) is 14.3. The minimum atomic E-state index is -1.01. The summed E-state index contributed by atoms with van der Waals surface area (Å²) in [5.74, 6) is -0.455. The van der Waals surface area contributed by atoms with Crippen LogP contribution in [0.2, 0.25) is 0 Å². The number of urea groups is 1. The fourth-order valence-corrected chi connectivity index (χ4v) is 1.52. The molecule has 0 saturated carbocycles. The highest BCUT2D eigenvalue weighted by atomic mass is 16.5. The maximum atomic E-state index is 11.6. The third-order valence-corrected chi connectivity index (χ3v) is 2.50. The lowest BCUT2D eigenvalue weighted by molar-refractivity contribution is -0.131. The Morgan fingerprint density at radius 1 is 1.24 bits per heavy atom. The van der Waals surface area contributed by atoms with Crippen LogP contribution in [0, 0.1) is 0 Å². The van der Waals surface area contributed by atoms with Crippen LogP contribution >= 0.6 is 0 Å². The minimum absolute atomic E-state index is 0.241. The zero-order chi connectivity index (χ0) is 15.1. The molecule has 0 aliphatic rings. The molecule has 0 atom stereocenters. The number of nitrogens with zero attached hydrogens (tertiary/aromatic N) is 1. The fourth-order valence-electron chi connectivity index (χ4n) is 1.52. The van der Waals surface area contributed by atoms with Gasteiger partial charge in [-0.2, -0.15) is 0 Å². The van der Waals surface area contributed by atoms with Crippen molar-refractivity contribution in [3.8, 4) is 0 Å². The van der Waals surface area contributed by atoms with Gasteiger partial charge in [0.25, 0.3) is 0 Å². The van der Waals surface area contributed by atoms with Crippen molar-refractivity contribution in [2.45, 2.75) is 6.54 Å². The third kappa shape index (κ3) is 4.83. The summed E-state index contributed by atoms with van der Waals surface area (Å²) in [5, 5.41) is 17.3. The predicted molar refractivity (Wildman–Crippen MR) is 75.5 cm³/mol. The molecule has 0 spiro atoms. The topological polar surface area (TPSA) is 104 Å².